The molecule has 0 bridgehead atoms. The van der Waals surface area contributed by atoms with Crippen molar-refractivity contribution in [2.24, 2.45) is 12.8 Å². The summed E-state index contributed by atoms with van der Waals surface area (Å²) in [6.45, 7) is 4.85. The Hall–Kier alpha value is -1.52. The summed E-state index contributed by atoms with van der Waals surface area (Å²) in [5.74, 6) is 0. The molecular weight excluding hydrogens is 224 g/mol. The zero-order valence-electron chi connectivity index (χ0n) is 10.8. The first-order valence-corrected chi connectivity index (χ1v) is 6.54. The highest BCUT2D eigenvalue weighted by molar-refractivity contribution is 5.93. The molecule has 1 aromatic heterocycles. The van der Waals surface area contributed by atoms with E-state index in [9.17, 15) is 0 Å². The average molecular weight is 244 g/mol. The lowest BCUT2D eigenvalue weighted by molar-refractivity contribution is 0.589. The van der Waals surface area contributed by atoms with Crippen molar-refractivity contribution in [3.63, 3.8) is 0 Å². The molecule has 96 valence electrons. The predicted molar refractivity (Wildman–Crippen MR) is 75.9 cm³/mol. The Kier molecular flexibility index (Phi) is 2.97. The van der Waals surface area contributed by atoms with E-state index in [1.54, 1.807) is 0 Å². The normalized spacial score (nSPS) is 16.4. The van der Waals surface area contributed by atoms with Crippen molar-refractivity contribution in [1.82, 2.24) is 9.88 Å². The molecule has 0 amide bonds. The molecule has 2 heterocycles. The first-order valence-electron chi connectivity index (χ1n) is 6.54. The second kappa shape index (κ2) is 4.63. The van der Waals surface area contributed by atoms with E-state index in [-0.39, 0.29) is 0 Å². The van der Waals surface area contributed by atoms with E-state index in [4.69, 9.17) is 5.73 Å². The number of nitrogens with zero attached hydrogens (tertiary/aromatic N) is 2. The molecule has 0 spiro atoms. The van der Waals surface area contributed by atoms with Gasteiger partial charge in [0, 0.05) is 50.9 Å². The molecule has 3 N–H and O–H groups in total. The highest BCUT2D eigenvalue weighted by Gasteiger charge is 2.15. The number of nitrogens with two attached hydrogens (primary N) is 1. The van der Waals surface area contributed by atoms with Crippen molar-refractivity contribution in [3.8, 4) is 0 Å². The number of hydrogen-bond acceptors (Lipinski definition) is 3. The quantitative estimate of drug-likeness (QED) is 0.830. The van der Waals surface area contributed by atoms with E-state index in [0.29, 0.717) is 6.54 Å². The van der Waals surface area contributed by atoms with Crippen LogP contribution in [0.25, 0.3) is 10.9 Å². The van der Waals surface area contributed by atoms with Gasteiger partial charge in [-0.15, -0.1) is 0 Å². The Morgan fingerprint density at radius 2 is 2.06 bits per heavy atom. The maximum Gasteiger partial charge on any atom is 0.0718 e. The molecule has 2 aromatic rings. The number of aryl methyl sites for hydroxylation is 1. The molecule has 1 aliphatic rings. The number of para-hydroxylation sites is 1. The summed E-state index contributed by atoms with van der Waals surface area (Å²) in [6.07, 6.45) is 0. The van der Waals surface area contributed by atoms with E-state index < -0.39 is 0 Å². The molecule has 0 unspecified atom stereocenters. The summed E-state index contributed by atoms with van der Waals surface area (Å²) in [6, 6.07) is 8.72. The van der Waals surface area contributed by atoms with Crippen LogP contribution in [0.4, 0.5) is 5.69 Å². The number of nitrogens with one attached hydrogen (secondary N) is 1. The molecular formula is C14H20N4. The predicted octanol–water partition coefficient (Wildman–Crippen LogP) is 1.05. The molecule has 0 aliphatic carbocycles. The van der Waals surface area contributed by atoms with Crippen LogP contribution in [-0.4, -0.2) is 30.7 Å². The number of benzene rings is 1. The summed E-state index contributed by atoms with van der Waals surface area (Å²) in [7, 11) is 2.11. The highest BCUT2D eigenvalue weighted by Crippen LogP contribution is 2.29. The fourth-order valence-corrected chi connectivity index (χ4v) is 2.81. The minimum absolute atomic E-state index is 0.589. The SMILES string of the molecule is Cn1c(CN)cc2cccc(N3CCNCC3)c21. The van der Waals surface area contributed by atoms with Crippen LogP contribution in [0.5, 0.6) is 0 Å². The van der Waals surface area contributed by atoms with Crippen LogP contribution in [0.3, 0.4) is 0 Å². The third-order valence-electron chi connectivity index (χ3n) is 3.80. The Morgan fingerprint density at radius 1 is 1.28 bits per heavy atom. The fraction of sp³-hybridized carbons (Fsp3) is 0.429. The van der Waals surface area contributed by atoms with Gasteiger partial charge in [-0.1, -0.05) is 12.1 Å². The molecule has 18 heavy (non-hydrogen) atoms. The van der Waals surface area contributed by atoms with Crippen LogP contribution in [0.1, 0.15) is 5.69 Å². The molecule has 0 saturated carbocycles. The van der Waals surface area contributed by atoms with E-state index in [1.807, 2.05) is 0 Å². The maximum atomic E-state index is 5.80. The van der Waals surface area contributed by atoms with Gasteiger partial charge in [-0.25, -0.2) is 0 Å². The summed E-state index contributed by atoms with van der Waals surface area (Å²) in [5.41, 5.74) is 9.62. The molecule has 1 aromatic carbocycles. The number of hydrogen-bond donors (Lipinski definition) is 2. The van der Waals surface area contributed by atoms with E-state index >= 15 is 0 Å². The third kappa shape index (κ3) is 1.78. The Morgan fingerprint density at radius 3 is 2.78 bits per heavy atom. The number of piperazine rings is 1. The first-order chi connectivity index (χ1) is 8.81. The van der Waals surface area contributed by atoms with Gasteiger partial charge in [0.1, 0.15) is 0 Å². The number of aromatic nitrogens is 1. The fourth-order valence-electron chi connectivity index (χ4n) is 2.81. The van der Waals surface area contributed by atoms with E-state index in [2.05, 4.69) is 46.1 Å². The second-order valence-corrected chi connectivity index (χ2v) is 4.85. The molecule has 1 fully saturated rings. The van der Waals surface area contributed by atoms with Crippen molar-refractivity contribution < 1.29 is 0 Å². The first kappa shape index (κ1) is 11.6. The number of fused-ring (bicyclic) bond motifs is 1. The van der Waals surface area contributed by atoms with Gasteiger partial charge < -0.3 is 20.5 Å². The van der Waals surface area contributed by atoms with Gasteiger partial charge in [-0.3, -0.25) is 0 Å². The second-order valence-electron chi connectivity index (χ2n) is 4.85. The van der Waals surface area contributed by atoms with Crippen molar-refractivity contribution in [2.45, 2.75) is 6.54 Å². The highest BCUT2D eigenvalue weighted by atomic mass is 15.2. The lowest BCUT2D eigenvalue weighted by Crippen LogP contribution is -2.43. The Bertz CT molecular complexity index is 552. The van der Waals surface area contributed by atoms with Crippen LogP contribution < -0.4 is 16.0 Å². The lowest BCUT2D eigenvalue weighted by atomic mass is 10.2. The molecule has 1 saturated heterocycles. The molecule has 3 rings (SSSR count). The summed E-state index contributed by atoms with van der Waals surface area (Å²) < 4.78 is 2.23. The van der Waals surface area contributed by atoms with Gasteiger partial charge in [0.15, 0.2) is 0 Å². The smallest absolute Gasteiger partial charge is 0.0718 e. The largest absolute Gasteiger partial charge is 0.367 e. The minimum Gasteiger partial charge on any atom is -0.367 e. The number of rotatable bonds is 2. The van der Waals surface area contributed by atoms with E-state index in [1.165, 1.54) is 22.3 Å². The van der Waals surface area contributed by atoms with Gasteiger partial charge in [0.2, 0.25) is 0 Å². The van der Waals surface area contributed by atoms with Gasteiger partial charge in [-0.2, -0.15) is 0 Å². The monoisotopic (exact) mass is 244 g/mol. The molecule has 0 atom stereocenters. The van der Waals surface area contributed by atoms with Crippen LogP contribution in [-0.2, 0) is 13.6 Å². The Balaban J connectivity index is 2.13. The van der Waals surface area contributed by atoms with Gasteiger partial charge >= 0.3 is 0 Å². The lowest BCUT2D eigenvalue weighted by Gasteiger charge is -2.30. The van der Waals surface area contributed by atoms with Crippen LogP contribution in [0.15, 0.2) is 24.3 Å². The minimum atomic E-state index is 0.589. The molecule has 0 radical (unpaired) electrons. The van der Waals surface area contributed by atoms with Gasteiger partial charge in [0.05, 0.1) is 11.2 Å². The average Bonchev–Trinajstić information content (AvgIpc) is 2.76. The third-order valence-corrected chi connectivity index (χ3v) is 3.80. The van der Waals surface area contributed by atoms with Crippen molar-refractivity contribution in [1.29, 1.82) is 0 Å². The topological polar surface area (TPSA) is 46.2 Å². The number of anilines is 1. The standard InChI is InChI=1S/C14H20N4/c1-17-12(10-15)9-11-3-2-4-13(14(11)17)18-7-5-16-6-8-18/h2-4,9,16H,5-8,10,15H2,1H3. The molecule has 4 nitrogen and oxygen atoms in total. The van der Waals surface area contributed by atoms with Gasteiger partial charge in [-0.05, 0) is 12.1 Å². The van der Waals surface area contributed by atoms with E-state index in [0.717, 1.165) is 26.2 Å². The summed E-state index contributed by atoms with van der Waals surface area (Å²) in [4.78, 5) is 2.46. The van der Waals surface area contributed by atoms with Crippen molar-refractivity contribution in [3.05, 3.63) is 30.0 Å². The Labute approximate surface area is 107 Å². The molecule has 4 heteroatoms. The molecule has 1 aliphatic heterocycles. The zero-order valence-corrected chi connectivity index (χ0v) is 10.8. The van der Waals surface area contributed by atoms with Gasteiger partial charge in [0.25, 0.3) is 0 Å². The maximum absolute atomic E-state index is 5.80. The van der Waals surface area contributed by atoms with Crippen LogP contribution >= 0.6 is 0 Å². The van der Waals surface area contributed by atoms with Crippen molar-refractivity contribution >= 4 is 16.6 Å². The summed E-state index contributed by atoms with van der Waals surface area (Å²) >= 11 is 0. The van der Waals surface area contributed by atoms with Crippen LogP contribution in [0, 0.1) is 0 Å². The van der Waals surface area contributed by atoms with Crippen molar-refractivity contribution in [2.75, 3.05) is 31.1 Å². The zero-order chi connectivity index (χ0) is 12.5. The van der Waals surface area contributed by atoms with Crippen LogP contribution in [0.2, 0.25) is 0 Å². The summed E-state index contributed by atoms with van der Waals surface area (Å²) in [5, 5.41) is 4.68.